The van der Waals surface area contributed by atoms with Gasteiger partial charge in [0.2, 0.25) is 5.91 Å². The molecule has 0 aliphatic heterocycles. The predicted octanol–water partition coefficient (Wildman–Crippen LogP) is 0.899. The number of sulfonamides is 1. The number of carbonyl (C=O) groups is 1. The van der Waals surface area contributed by atoms with E-state index < -0.39 is 20.9 Å². The van der Waals surface area contributed by atoms with Gasteiger partial charge < -0.3 is 16.2 Å². The van der Waals surface area contributed by atoms with Crippen molar-refractivity contribution in [3.05, 3.63) is 58.1 Å². The number of nitro benzene ring substituents is 1. The average Bonchev–Trinajstić information content (AvgIpc) is 2.60. The van der Waals surface area contributed by atoms with E-state index in [4.69, 9.17) is 10.8 Å². The second-order valence-corrected chi connectivity index (χ2v) is 6.81. The van der Waals surface area contributed by atoms with Crippen molar-refractivity contribution < 1.29 is 23.2 Å². The fraction of sp³-hybridized carbons (Fsp3) is 0.133. The van der Waals surface area contributed by atoms with Crippen LogP contribution in [0, 0.1) is 10.1 Å². The molecule has 0 saturated carbocycles. The van der Waals surface area contributed by atoms with Gasteiger partial charge in [0.1, 0.15) is 0 Å². The summed E-state index contributed by atoms with van der Waals surface area (Å²) >= 11 is 0. The van der Waals surface area contributed by atoms with Gasteiger partial charge in [0, 0.05) is 24.2 Å². The molecule has 0 radical (unpaired) electrons. The largest absolute Gasteiger partial charge is 0.395 e. The average molecular weight is 380 g/mol. The van der Waals surface area contributed by atoms with Crippen molar-refractivity contribution >= 4 is 33.0 Å². The summed E-state index contributed by atoms with van der Waals surface area (Å²) in [6, 6.07) is 8.52. The van der Waals surface area contributed by atoms with E-state index in [1.54, 1.807) is 0 Å². The number of nitrogens with two attached hydrogens (primary N) is 1. The minimum absolute atomic E-state index is 0.0494. The molecule has 0 aromatic heterocycles. The topological polar surface area (TPSA) is 165 Å². The van der Waals surface area contributed by atoms with Gasteiger partial charge in [0.05, 0.1) is 27.8 Å². The molecule has 0 aliphatic rings. The number of hydrogen-bond acceptors (Lipinski definition) is 7. The normalized spacial score (nSPS) is 11.0. The minimum Gasteiger partial charge on any atom is -0.395 e. The quantitative estimate of drug-likeness (QED) is 0.390. The lowest BCUT2D eigenvalue weighted by molar-refractivity contribution is -0.384. The Morgan fingerprint density at radius 3 is 2.35 bits per heavy atom. The van der Waals surface area contributed by atoms with Gasteiger partial charge in [-0.25, -0.2) is 8.42 Å². The van der Waals surface area contributed by atoms with Crippen LogP contribution < -0.4 is 15.8 Å². The number of anilines is 2. The second kappa shape index (κ2) is 7.80. The lowest BCUT2D eigenvalue weighted by Gasteiger charge is -2.14. The van der Waals surface area contributed by atoms with E-state index in [1.807, 2.05) is 0 Å². The Hall–Kier alpha value is -3.18. The first-order chi connectivity index (χ1) is 12.2. The molecule has 0 aliphatic carbocycles. The van der Waals surface area contributed by atoms with Crippen LogP contribution >= 0.6 is 0 Å². The summed E-state index contributed by atoms with van der Waals surface area (Å²) in [4.78, 5) is 21.2. The zero-order chi connectivity index (χ0) is 19.3. The summed E-state index contributed by atoms with van der Waals surface area (Å²) in [7, 11) is -4.07. The third kappa shape index (κ3) is 4.46. The van der Waals surface area contributed by atoms with Gasteiger partial charge in [-0.1, -0.05) is 0 Å². The number of primary amides is 1. The van der Waals surface area contributed by atoms with Crippen molar-refractivity contribution in [1.29, 1.82) is 0 Å². The molecule has 0 atom stereocenters. The van der Waals surface area contributed by atoms with Crippen LogP contribution in [-0.4, -0.2) is 37.5 Å². The lowest BCUT2D eigenvalue weighted by atomic mass is 10.2. The molecule has 0 fully saturated rings. The molecule has 1 amide bonds. The number of aliphatic hydroxyl groups is 1. The van der Waals surface area contributed by atoms with Crippen LogP contribution in [0.4, 0.5) is 17.1 Å². The van der Waals surface area contributed by atoms with E-state index in [-0.39, 0.29) is 40.7 Å². The van der Waals surface area contributed by atoms with Crippen LogP contribution in [0.2, 0.25) is 0 Å². The molecule has 2 aromatic carbocycles. The monoisotopic (exact) mass is 380 g/mol. The number of amides is 1. The number of rotatable bonds is 8. The summed E-state index contributed by atoms with van der Waals surface area (Å²) in [6.45, 7) is -0.0857. The third-order valence-electron chi connectivity index (χ3n) is 3.33. The molecule has 5 N–H and O–H groups in total. The Labute approximate surface area is 148 Å². The Morgan fingerprint density at radius 1 is 1.15 bits per heavy atom. The Kier molecular flexibility index (Phi) is 5.75. The summed E-state index contributed by atoms with van der Waals surface area (Å²) in [5, 5.41) is 22.6. The van der Waals surface area contributed by atoms with Crippen molar-refractivity contribution in [2.75, 3.05) is 23.2 Å². The number of non-ortho nitro benzene ring substituents is 1. The third-order valence-corrected chi connectivity index (χ3v) is 4.72. The predicted molar refractivity (Wildman–Crippen MR) is 94.4 cm³/mol. The Balaban J connectivity index is 2.38. The maximum Gasteiger partial charge on any atom is 0.271 e. The molecule has 0 heterocycles. The first kappa shape index (κ1) is 19.1. The van der Waals surface area contributed by atoms with Crippen molar-refractivity contribution in [3.8, 4) is 0 Å². The van der Waals surface area contributed by atoms with Gasteiger partial charge in [-0.3, -0.25) is 19.6 Å². The van der Waals surface area contributed by atoms with Crippen molar-refractivity contribution in [2.24, 2.45) is 5.73 Å². The number of hydrogen-bond donors (Lipinski definition) is 4. The molecule has 11 heteroatoms. The highest BCUT2D eigenvalue weighted by molar-refractivity contribution is 7.92. The van der Waals surface area contributed by atoms with Crippen LogP contribution in [0.5, 0.6) is 0 Å². The molecule has 26 heavy (non-hydrogen) atoms. The molecule has 138 valence electrons. The zero-order valence-electron chi connectivity index (χ0n) is 13.4. The van der Waals surface area contributed by atoms with E-state index in [0.29, 0.717) is 0 Å². The molecular weight excluding hydrogens is 364 g/mol. The van der Waals surface area contributed by atoms with Crippen molar-refractivity contribution in [3.63, 3.8) is 0 Å². The zero-order valence-corrected chi connectivity index (χ0v) is 14.2. The van der Waals surface area contributed by atoms with E-state index in [1.165, 1.54) is 36.4 Å². The van der Waals surface area contributed by atoms with Gasteiger partial charge in [-0.2, -0.15) is 0 Å². The second-order valence-electron chi connectivity index (χ2n) is 5.13. The summed E-state index contributed by atoms with van der Waals surface area (Å²) in [6.07, 6.45) is 0. The highest BCUT2D eigenvalue weighted by atomic mass is 32.2. The first-order valence-electron chi connectivity index (χ1n) is 7.30. The SMILES string of the molecule is NC(=O)c1ccc(S(=O)(=O)Nc2cc([N+](=O)[O-])ccc2NCCO)cc1. The number of aliphatic hydroxyl groups excluding tert-OH is 1. The van der Waals surface area contributed by atoms with Crippen LogP contribution in [0.15, 0.2) is 47.4 Å². The summed E-state index contributed by atoms with van der Waals surface area (Å²) < 4.78 is 27.3. The first-order valence-corrected chi connectivity index (χ1v) is 8.79. The van der Waals surface area contributed by atoms with Crippen LogP contribution in [-0.2, 0) is 10.0 Å². The van der Waals surface area contributed by atoms with Gasteiger partial charge in [-0.15, -0.1) is 0 Å². The molecule has 0 bridgehead atoms. The van der Waals surface area contributed by atoms with Crippen LogP contribution in [0.25, 0.3) is 0 Å². The number of nitrogens with one attached hydrogen (secondary N) is 2. The maximum atomic E-state index is 12.5. The molecular formula is C15H16N4O6S. The highest BCUT2D eigenvalue weighted by Crippen LogP contribution is 2.29. The summed E-state index contributed by atoms with van der Waals surface area (Å²) in [5.74, 6) is -0.698. The van der Waals surface area contributed by atoms with E-state index in [0.717, 1.165) is 6.07 Å². The maximum absolute atomic E-state index is 12.5. The molecule has 0 spiro atoms. The van der Waals surface area contributed by atoms with Crippen LogP contribution in [0.1, 0.15) is 10.4 Å². The number of benzene rings is 2. The van der Waals surface area contributed by atoms with Gasteiger partial charge in [0.15, 0.2) is 0 Å². The molecule has 10 nitrogen and oxygen atoms in total. The minimum atomic E-state index is -4.07. The Morgan fingerprint density at radius 2 is 1.81 bits per heavy atom. The van der Waals surface area contributed by atoms with Crippen LogP contribution in [0.3, 0.4) is 0 Å². The number of carbonyl (C=O) groups excluding carboxylic acids is 1. The number of nitrogens with zero attached hydrogens (tertiary/aromatic N) is 1. The van der Waals surface area contributed by atoms with Crippen molar-refractivity contribution in [1.82, 2.24) is 0 Å². The molecule has 2 rings (SSSR count). The smallest absolute Gasteiger partial charge is 0.271 e. The van der Waals surface area contributed by atoms with Crippen molar-refractivity contribution in [2.45, 2.75) is 4.90 Å². The number of nitro groups is 1. The molecule has 0 saturated heterocycles. The fourth-order valence-corrected chi connectivity index (χ4v) is 3.15. The highest BCUT2D eigenvalue weighted by Gasteiger charge is 2.19. The van der Waals surface area contributed by atoms with Gasteiger partial charge in [0.25, 0.3) is 15.7 Å². The Bertz CT molecular complexity index is 928. The van der Waals surface area contributed by atoms with E-state index >= 15 is 0 Å². The van der Waals surface area contributed by atoms with E-state index in [2.05, 4.69) is 10.0 Å². The van der Waals surface area contributed by atoms with Gasteiger partial charge >= 0.3 is 0 Å². The fourth-order valence-electron chi connectivity index (χ4n) is 2.08. The van der Waals surface area contributed by atoms with Gasteiger partial charge in [-0.05, 0) is 30.3 Å². The molecule has 0 unspecified atom stereocenters. The molecule has 2 aromatic rings. The standard InChI is InChI=1S/C15H16N4O6S/c16-15(21)10-1-4-12(5-2-10)26(24,25)18-14-9-11(19(22)23)3-6-13(14)17-7-8-20/h1-6,9,17-18,20H,7-8H2,(H2,16,21). The lowest BCUT2D eigenvalue weighted by Crippen LogP contribution is -2.16. The van der Waals surface area contributed by atoms with E-state index in [9.17, 15) is 23.3 Å². The summed E-state index contributed by atoms with van der Waals surface area (Å²) in [5.41, 5.74) is 5.17.